The monoisotopic (exact) mass is 391 g/mol. The minimum absolute atomic E-state index is 0.214. The highest BCUT2D eigenvalue weighted by molar-refractivity contribution is 7.22. The van der Waals surface area contributed by atoms with Crippen LogP contribution in [0.2, 0.25) is 0 Å². The van der Waals surface area contributed by atoms with Crippen molar-refractivity contribution in [3.63, 3.8) is 0 Å². The van der Waals surface area contributed by atoms with Gasteiger partial charge in [0.1, 0.15) is 0 Å². The fourth-order valence-corrected chi connectivity index (χ4v) is 5.10. The summed E-state index contributed by atoms with van der Waals surface area (Å²) in [5, 5.41) is 11.6. The third kappa shape index (κ3) is 3.56. The first-order chi connectivity index (χ1) is 13.8. The molecule has 0 saturated heterocycles. The van der Waals surface area contributed by atoms with Crippen molar-refractivity contribution >= 4 is 38.3 Å². The minimum atomic E-state index is 0.214. The molecule has 2 aromatic carbocycles. The second-order valence-corrected chi connectivity index (χ2v) is 8.75. The number of anilines is 2. The molecule has 0 radical (unpaired) electrons. The van der Waals surface area contributed by atoms with Crippen LogP contribution < -0.4 is 16.0 Å². The lowest BCUT2D eigenvalue weighted by Gasteiger charge is -2.23. The molecule has 2 aliphatic rings. The van der Waals surface area contributed by atoms with Gasteiger partial charge in [-0.2, -0.15) is 0 Å². The van der Waals surface area contributed by atoms with Crippen molar-refractivity contribution in [1.82, 2.24) is 10.3 Å². The van der Waals surface area contributed by atoms with Crippen LogP contribution in [0.4, 0.5) is 10.8 Å². The van der Waals surface area contributed by atoms with Crippen LogP contribution in [0.25, 0.3) is 10.2 Å². The van der Waals surface area contributed by atoms with E-state index in [2.05, 4.69) is 63.4 Å². The first kappa shape index (κ1) is 17.5. The molecule has 3 aromatic rings. The van der Waals surface area contributed by atoms with Gasteiger partial charge in [0.05, 0.1) is 22.3 Å². The van der Waals surface area contributed by atoms with E-state index in [1.165, 1.54) is 35.9 Å². The number of nitrogens with zero attached hydrogens (tertiary/aromatic N) is 2. The average Bonchev–Trinajstić information content (AvgIpc) is 3.44. The van der Waals surface area contributed by atoms with Crippen LogP contribution in [0.1, 0.15) is 31.2 Å². The highest BCUT2D eigenvalue weighted by Gasteiger charge is 2.38. The van der Waals surface area contributed by atoms with Gasteiger partial charge >= 0.3 is 0 Å². The molecule has 2 heterocycles. The molecule has 1 aliphatic carbocycles. The summed E-state index contributed by atoms with van der Waals surface area (Å²) in [5.74, 6) is 0.925. The van der Waals surface area contributed by atoms with Crippen LogP contribution in [0.5, 0.6) is 0 Å². The van der Waals surface area contributed by atoms with Gasteiger partial charge in [0, 0.05) is 12.2 Å². The number of benzene rings is 2. The van der Waals surface area contributed by atoms with Crippen LogP contribution >= 0.6 is 11.3 Å². The zero-order valence-corrected chi connectivity index (χ0v) is 16.7. The van der Waals surface area contributed by atoms with Gasteiger partial charge in [0.2, 0.25) is 0 Å². The maximum atomic E-state index is 4.73. The molecule has 5 nitrogen and oxygen atoms in total. The van der Waals surface area contributed by atoms with E-state index in [-0.39, 0.29) is 5.54 Å². The number of nitrogens with one attached hydrogen (secondary N) is 3. The van der Waals surface area contributed by atoms with E-state index >= 15 is 0 Å². The summed E-state index contributed by atoms with van der Waals surface area (Å²) >= 11 is 1.71. The van der Waals surface area contributed by atoms with Crippen LogP contribution in [-0.2, 0) is 6.42 Å². The molecule has 1 aliphatic heterocycles. The lowest BCUT2D eigenvalue weighted by atomic mass is 9.99. The summed E-state index contributed by atoms with van der Waals surface area (Å²) < 4.78 is 1.22. The number of para-hydroxylation sites is 2. The Morgan fingerprint density at radius 1 is 1.04 bits per heavy atom. The summed E-state index contributed by atoms with van der Waals surface area (Å²) in [5.41, 5.74) is 3.69. The van der Waals surface area contributed by atoms with E-state index in [4.69, 9.17) is 4.99 Å². The summed E-state index contributed by atoms with van der Waals surface area (Å²) in [4.78, 5) is 9.38. The van der Waals surface area contributed by atoms with E-state index in [0.29, 0.717) is 0 Å². The topological polar surface area (TPSA) is 61.3 Å². The number of hydrogen-bond donors (Lipinski definition) is 3. The third-order valence-corrected chi connectivity index (χ3v) is 6.71. The maximum Gasteiger partial charge on any atom is 0.196 e. The summed E-state index contributed by atoms with van der Waals surface area (Å²) in [6, 6.07) is 16.8. The molecule has 5 rings (SSSR count). The first-order valence-electron chi connectivity index (χ1n) is 10.1. The molecule has 3 N–H and O–H groups in total. The van der Waals surface area contributed by atoms with Gasteiger partial charge < -0.3 is 16.0 Å². The molecule has 1 aromatic heterocycles. The van der Waals surface area contributed by atoms with Crippen molar-refractivity contribution < 1.29 is 0 Å². The van der Waals surface area contributed by atoms with E-state index in [1.54, 1.807) is 11.3 Å². The van der Waals surface area contributed by atoms with E-state index in [1.807, 2.05) is 6.07 Å². The van der Waals surface area contributed by atoms with Gasteiger partial charge in [-0.1, -0.05) is 54.5 Å². The molecule has 0 atom stereocenters. The lowest BCUT2D eigenvalue weighted by Crippen LogP contribution is -2.45. The van der Waals surface area contributed by atoms with Gasteiger partial charge in [-0.15, -0.1) is 0 Å². The number of thiazole rings is 1. The Balaban J connectivity index is 1.21. The largest absolute Gasteiger partial charge is 0.361 e. The Morgan fingerprint density at radius 2 is 1.86 bits per heavy atom. The van der Waals surface area contributed by atoms with Gasteiger partial charge in [-0.25, -0.2) is 4.98 Å². The summed E-state index contributed by atoms with van der Waals surface area (Å²) in [6.45, 7) is 1.75. The predicted octanol–water partition coefficient (Wildman–Crippen LogP) is 4.63. The Kier molecular flexibility index (Phi) is 4.64. The van der Waals surface area contributed by atoms with Crippen molar-refractivity contribution in [2.45, 2.75) is 37.6 Å². The zero-order chi connectivity index (χ0) is 18.8. The van der Waals surface area contributed by atoms with Crippen molar-refractivity contribution in [1.29, 1.82) is 0 Å². The molecule has 1 fully saturated rings. The molecule has 1 spiro atoms. The molecule has 6 heteroatoms. The molecular formula is C22H25N5S. The highest BCUT2D eigenvalue weighted by Crippen LogP contribution is 2.32. The standard InChI is InChI=1S/C22H25N5S/c1-2-8-17(25-20-24-15-22(27-20)12-5-6-13-22)16(7-1)11-14-23-21-26-18-9-3-4-10-19(18)28-21/h1-4,7-10H,5-6,11-15H2,(H,23,26)(H2,24,25,27). The van der Waals surface area contributed by atoms with E-state index in [0.717, 1.165) is 41.8 Å². The molecule has 0 amide bonds. The van der Waals surface area contributed by atoms with Crippen molar-refractivity contribution in [2.75, 3.05) is 23.7 Å². The van der Waals surface area contributed by atoms with E-state index in [9.17, 15) is 0 Å². The number of rotatable bonds is 5. The summed E-state index contributed by atoms with van der Waals surface area (Å²) in [7, 11) is 0. The number of guanidine groups is 1. The third-order valence-electron chi connectivity index (χ3n) is 5.72. The normalized spacial score (nSPS) is 17.6. The number of aromatic nitrogens is 1. The minimum Gasteiger partial charge on any atom is -0.361 e. The Hall–Kier alpha value is -2.60. The van der Waals surface area contributed by atoms with Gasteiger partial charge in [0.15, 0.2) is 11.1 Å². The van der Waals surface area contributed by atoms with Crippen molar-refractivity contribution in [2.24, 2.45) is 4.99 Å². The number of fused-ring (bicyclic) bond motifs is 1. The predicted molar refractivity (Wildman–Crippen MR) is 119 cm³/mol. The molecule has 144 valence electrons. The van der Waals surface area contributed by atoms with Gasteiger partial charge in [-0.05, 0) is 43.0 Å². The van der Waals surface area contributed by atoms with Crippen LogP contribution in [-0.4, -0.2) is 29.6 Å². The van der Waals surface area contributed by atoms with Crippen LogP contribution in [0.15, 0.2) is 53.5 Å². The lowest BCUT2D eigenvalue weighted by molar-refractivity contribution is 0.427. The fraction of sp³-hybridized carbons (Fsp3) is 0.364. The molecule has 1 saturated carbocycles. The maximum absolute atomic E-state index is 4.73. The Bertz CT molecular complexity index is 970. The summed E-state index contributed by atoms with van der Waals surface area (Å²) in [6.07, 6.45) is 6.01. The van der Waals surface area contributed by atoms with Gasteiger partial charge in [0.25, 0.3) is 0 Å². The van der Waals surface area contributed by atoms with Crippen LogP contribution in [0.3, 0.4) is 0 Å². The number of hydrogen-bond acceptors (Lipinski definition) is 6. The molecule has 28 heavy (non-hydrogen) atoms. The number of aliphatic imine (C=N–C) groups is 1. The quantitative estimate of drug-likeness (QED) is 0.593. The Morgan fingerprint density at radius 3 is 2.75 bits per heavy atom. The Labute approximate surface area is 169 Å². The highest BCUT2D eigenvalue weighted by atomic mass is 32.1. The van der Waals surface area contributed by atoms with Crippen molar-refractivity contribution in [3.8, 4) is 0 Å². The molecular weight excluding hydrogens is 366 g/mol. The van der Waals surface area contributed by atoms with Gasteiger partial charge in [-0.3, -0.25) is 4.99 Å². The fourth-order valence-electron chi connectivity index (χ4n) is 4.21. The second-order valence-electron chi connectivity index (χ2n) is 7.72. The smallest absolute Gasteiger partial charge is 0.196 e. The average molecular weight is 392 g/mol. The second kappa shape index (κ2) is 7.43. The van der Waals surface area contributed by atoms with Crippen molar-refractivity contribution in [3.05, 3.63) is 54.1 Å². The zero-order valence-electron chi connectivity index (χ0n) is 15.9. The van der Waals surface area contributed by atoms with E-state index < -0.39 is 0 Å². The SMILES string of the molecule is c1ccc(NC2=NCC3(CCCC3)N2)c(CCNc2nc3ccccc3s2)c1. The first-order valence-corrected chi connectivity index (χ1v) is 10.9. The van der Waals surface area contributed by atoms with Crippen LogP contribution in [0, 0.1) is 0 Å². The molecule has 0 unspecified atom stereocenters. The molecule has 0 bridgehead atoms.